The standard InChI is InChI=1S/C17H18FN3O4S2/c1-17(2)8-21(9-17)27(24,25)13-7-11(14(19)22)16(26-13)20-15(23)10-5-3-4-6-12(10)18/h3-7H,8-9H2,1-2H3,(H2,19,22)(H,20,23). The average Bonchev–Trinajstić information content (AvgIpc) is 2.97. The van der Waals surface area contributed by atoms with E-state index in [1.165, 1.54) is 22.5 Å². The van der Waals surface area contributed by atoms with Crippen molar-refractivity contribution in [3.63, 3.8) is 0 Å². The Hall–Kier alpha value is -2.30. The maximum Gasteiger partial charge on any atom is 0.259 e. The van der Waals surface area contributed by atoms with Crippen molar-refractivity contribution in [2.24, 2.45) is 11.1 Å². The lowest BCUT2D eigenvalue weighted by atomic mass is 9.87. The minimum Gasteiger partial charge on any atom is -0.366 e. The second-order valence-electron chi connectivity index (χ2n) is 7.04. The van der Waals surface area contributed by atoms with Crippen LogP contribution in [-0.2, 0) is 10.0 Å². The van der Waals surface area contributed by atoms with E-state index in [-0.39, 0.29) is 25.8 Å². The number of carbonyl (C=O) groups excluding carboxylic acids is 2. The summed E-state index contributed by atoms with van der Waals surface area (Å²) in [6.45, 7) is 4.61. The molecule has 1 fully saturated rings. The quantitative estimate of drug-likeness (QED) is 0.786. The molecule has 3 N–H and O–H groups in total. The number of hydrogen-bond donors (Lipinski definition) is 2. The first-order valence-electron chi connectivity index (χ1n) is 8.01. The van der Waals surface area contributed by atoms with Gasteiger partial charge in [0.15, 0.2) is 0 Å². The fourth-order valence-electron chi connectivity index (χ4n) is 2.79. The molecule has 0 radical (unpaired) electrons. The zero-order valence-corrected chi connectivity index (χ0v) is 16.3. The van der Waals surface area contributed by atoms with Crippen LogP contribution in [0.1, 0.15) is 34.6 Å². The van der Waals surface area contributed by atoms with Crippen molar-refractivity contribution in [3.05, 3.63) is 47.3 Å². The predicted octanol–water partition coefficient (Wildman–Crippen LogP) is 2.27. The van der Waals surface area contributed by atoms with Gasteiger partial charge < -0.3 is 11.1 Å². The summed E-state index contributed by atoms with van der Waals surface area (Å²) in [5.41, 5.74) is 4.84. The molecule has 1 saturated heterocycles. The Bertz CT molecular complexity index is 1020. The zero-order valence-electron chi connectivity index (χ0n) is 14.7. The lowest BCUT2D eigenvalue weighted by molar-refractivity contribution is 0.100. The molecule has 1 aromatic heterocycles. The number of benzene rings is 1. The van der Waals surface area contributed by atoms with Crippen LogP contribution in [-0.4, -0.2) is 37.6 Å². The number of hydrogen-bond acceptors (Lipinski definition) is 5. The van der Waals surface area contributed by atoms with E-state index in [9.17, 15) is 22.4 Å². The average molecular weight is 411 g/mol. The van der Waals surface area contributed by atoms with E-state index in [1.807, 2.05) is 13.8 Å². The molecule has 0 atom stereocenters. The molecule has 144 valence electrons. The molecule has 2 amide bonds. The van der Waals surface area contributed by atoms with Gasteiger partial charge in [-0.25, -0.2) is 12.8 Å². The normalized spacial score (nSPS) is 16.6. The topological polar surface area (TPSA) is 110 Å². The first-order valence-corrected chi connectivity index (χ1v) is 10.3. The summed E-state index contributed by atoms with van der Waals surface area (Å²) in [5, 5.41) is 2.36. The minimum atomic E-state index is -3.80. The number of amides is 2. The van der Waals surface area contributed by atoms with Crippen LogP contribution in [0.25, 0.3) is 0 Å². The van der Waals surface area contributed by atoms with Crippen molar-refractivity contribution < 1.29 is 22.4 Å². The van der Waals surface area contributed by atoms with E-state index in [0.29, 0.717) is 24.4 Å². The van der Waals surface area contributed by atoms with Gasteiger partial charge >= 0.3 is 0 Å². The number of carbonyl (C=O) groups is 2. The molecule has 0 bridgehead atoms. The van der Waals surface area contributed by atoms with Crippen LogP contribution in [0.5, 0.6) is 0 Å². The minimum absolute atomic E-state index is 0.0332. The van der Waals surface area contributed by atoms with Gasteiger partial charge in [0.2, 0.25) is 0 Å². The van der Waals surface area contributed by atoms with Crippen LogP contribution in [0.4, 0.5) is 9.39 Å². The molecule has 0 saturated carbocycles. The molecule has 7 nitrogen and oxygen atoms in total. The highest BCUT2D eigenvalue weighted by molar-refractivity contribution is 7.91. The van der Waals surface area contributed by atoms with Crippen molar-refractivity contribution in [1.82, 2.24) is 4.31 Å². The van der Waals surface area contributed by atoms with Crippen LogP contribution >= 0.6 is 11.3 Å². The number of nitrogens with two attached hydrogens (primary N) is 1. The van der Waals surface area contributed by atoms with Gasteiger partial charge in [0.25, 0.3) is 21.8 Å². The molecule has 3 rings (SSSR count). The smallest absolute Gasteiger partial charge is 0.259 e. The first-order chi connectivity index (χ1) is 12.5. The Morgan fingerprint density at radius 2 is 1.85 bits per heavy atom. The molecule has 2 aromatic rings. The van der Waals surface area contributed by atoms with E-state index < -0.39 is 27.7 Å². The molecule has 10 heteroatoms. The highest BCUT2D eigenvalue weighted by Crippen LogP contribution is 2.38. The lowest BCUT2D eigenvalue weighted by Crippen LogP contribution is -2.55. The third-order valence-electron chi connectivity index (χ3n) is 4.12. The summed E-state index contributed by atoms with van der Waals surface area (Å²) in [6, 6.07) is 6.47. The highest BCUT2D eigenvalue weighted by atomic mass is 32.2. The van der Waals surface area contributed by atoms with Gasteiger partial charge in [0.05, 0.1) is 11.1 Å². The van der Waals surface area contributed by atoms with Gasteiger partial charge in [0, 0.05) is 13.1 Å². The third kappa shape index (κ3) is 3.73. The van der Waals surface area contributed by atoms with Crippen molar-refractivity contribution in [2.45, 2.75) is 18.1 Å². The van der Waals surface area contributed by atoms with Crippen molar-refractivity contribution in [1.29, 1.82) is 0 Å². The Morgan fingerprint density at radius 1 is 1.22 bits per heavy atom. The molecule has 0 aliphatic carbocycles. The molecule has 1 aromatic carbocycles. The maximum absolute atomic E-state index is 13.8. The molecular formula is C17H18FN3O4S2. The van der Waals surface area contributed by atoms with Crippen molar-refractivity contribution in [2.75, 3.05) is 18.4 Å². The molecule has 1 aliphatic heterocycles. The summed E-state index contributed by atoms with van der Waals surface area (Å²) in [4.78, 5) is 24.0. The fraction of sp³-hybridized carbons (Fsp3) is 0.294. The number of anilines is 1. The van der Waals surface area contributed by atoms with Gasteiger partial charge in [-0.15, -0.1) is 11.3 Å². The molecule has 27 heavy (non-hydrogen) atoms. The fourth-order valence-corrected chi connectivity index (χ4v) is 6.13. The summed E-state index contributed by atoms with van der Waals surface area (Å²) in [6.07, 6.45) is 0. The van der Waals surface area contributed by atoms with E-state index >= 15 is 0 Å². The van der Waals surface area contributed by atoms with Crippen LogP contribution in [0.3, 0.4) is 0 Å². The van der Waals surface area contributed by atoms with E-state index in [0.717, 1.165) is 12.1 Å². The summed E-state index contributed by atoms with van der Waals surface area (Å²) < 4.78 is 40.4. The first kappa shape index (κ1) is 19.5. The molecule has 1 aliphatic rings. The van der Waals surface area contributed by atoms with E-state index in [4.69, 9.17) is 5.73 Å². The van der Waals surface area contributed by atoms with Crippen LogP contribution in [0.2, 0.25) is 0 Å². The predicted molar refractivity (Wildman–Crippen MR) is 99.7 cm³/mol. The number of halogens is 1. The number of nitrogens with zero attached hydrogens (tertiary/aromatic N) is 1. The molecule has 2 heterocycles. The van der Waals surface area contributed by atoms with Gasteiger partial charge in [-0.2, -0.15) is 4.31 Å². The van der Waals surface area contributed by atoms with Gasteiger partial charge in [-0.3, -0.25) is 9.59 Å². The number of nitrogens with one attached hydrogen (secondary N) is 1. The lowest BCUT2D eigenvalue weighted by Gasteiger charge is -2.44. The highest BCUT2D eigenvalue weighted by Gasteiger charge is 2.43. The summed E-state index contributed by atoms with van der Waals surface area (Å²) >= 11 is 0.717. The van der Waals surface area contributed by atoms with Gasteiger partial charge in [-0.1, -0.05) is 26.0 Å². The number of primary amides is 1. The van der Waals surface area contributed by atoms with Gasteiger partial charge in [-0.05, 0) is 23.6 Å². The van der Waals surface area contributed by atoms with Crippen LogP contribution < -0.4 is 11.1 Å². The second kappa shape index (κ2) is 6.70. The largest absolute Gasteiger partial charge is 0.366 e. The van der Waals surface area contributed by atoms with Crippen molar-refractivity contribution >= 4 is 38.2 Å². The van der Waals surface area contributed by atoms with Crippen LogP contribution in [0, 0.1) is 11.2 Å². The molecule has 0 unspecified atom stereocenters. The SMILES string of the molecule is CC1(C)CN(S(=O)(=O)c2cc(C(N)=O)c(NC(=O)c3ccccc3F)s2)C1. The summed E-state index contributed by atoms with van der Waals surface area (Å²) in [7, 11) is -3.80. The molecule has 0 spiro atoms. The Morgan fingerprint density at radius 3 is 2.41 bits per heavy atom. The third-order valence-corrected chi connectivity index (χ3v) is 7.41. The van der Waals surface area contributed by atoms with Crippen molar-refractivity contribution in [3.8, 4) is 0 Å². The second-order valence-corrected chi connectivity index (χ2v) is 10.3. The maximum atomic E-state index is 13.8. The molecular weight excluding hydrogens is 393 g/mol. The Kier molecular flexibility index (Phi) is 4.83. The number of sulfonamides is 1. The zero-order chi connectivity index (χ0) is 20.0. The van der Waals surface area contributed by atoms with E-state index in [2.05, 4.69) is 5.32 Å². The Balaban J connectivity index is 1.92. The monoisotopic (exact) mass is 411 g/mol. The number of rotatable bonds is 5. The summed E-state index contributed by atoms with van der Waals surface area (Å²) in [5.74, 6) is -2.42. The number of thiophene rings is 1. The Labute approximate surface area is 160 Å². The van der Waals surface area contributed by atoms with Gasteiger partial charge in [0.1, 0.15) is 15.0 Å². The van der Waals surface area contributed by atoms with Crippen LogP contribution in [0.15, 0.2) is 34.5 Å². The van der Waals surface area contributed by atoms with E-state index in [1.54, 1.807) is 0 Å².